The molecule has 22 heavy (non-hydrogen) atoms. The third-order valence-electron chi connectivity index (χ3n) is 3.10. The van der Waals surface area contributed by atoms with Crippen LogP contribution in [0.15, 0.2) is 48.5 Å². The monoisotopic (exact) mass is 316 g/mol. The molecule has 114 valence electrons. The van der Waals surface area contributed by atoms with Gasteiger partial charge in [0.15, 0.2) is 0 Å². The minimum absolute atomic E-state index is 0.581. The summed E-state index contributed by atoms with van der Waals surface area (Å²) in [6, 6.07) is 12.8. The summed E-state index contributed by atoms with van der Waals surface area (Å²) in [6.07, 6.45) is 1.20. The van der Waals surface area contributed by atoms with Crippen LogP contribution in [0.2, 0.25) is 5.02 Å². The Morgan fingerprint density at radius 2 is 1.86 bits per heavy atom. The molecule has 0 unspecified atom stereocenters. The lowest BCUT2D eigenvalue weighted by Crippen LogP contribution is -1.96. The molecule has 0 saturated heterocycles. The van der Waals surface area contributed by atoms with Crippen molar-refractivity contribution < 1.29 is 14.6 Å². The third kappa shape index (κ3) is 4.12. The highest BCUT2D eigenvalue weighted by Gasteiger charge is 2.09. The second-order valence-corrected chi connectivity index (χ2v) is 5.31. The van der Waals surface area contributed by atoms with Gasteiger partial charge in [0.05, 0.1) is 6.61 Å². The first kappa shape index (κ1) is 16.1. The molecular weight excluding hydrogens is 300 g/mol. The number of ether oxygens (including phenoxy) is 1. The molecule has 2 rings (SSSR count). The van der Waals surface area contributed by atoms with Crippen LogP contribution < -0.4 is 4.74 Å². The SMILES string of the molecule is CCOc1ccc(C(=CC(=O)O)c2cc(C)cc(Cl)c2)cc1. The van der Waals surface area contributed by atoms with Crippen molar-refractivity contribution in [3.05, 3.63) is 70.3 Å². The summed E-state index contributed by atoms with van der Waals surface area (Å²) in [4.78, 5) is 11.2. The van der Waals surface area contributed by atoms with Crippen molar-refractivity contribution in [2.24, 2.45) is 0 Å². The molecule has 2 aromatic rings. The lowest BCUT2D eigenvalue weighted by atomic mass is 9.96. The summed E-state index contributed by atoms with van der Waals surface area (Å²) in [5.41, 5.74) is 3.16. The van der Waals surface area contributed by atoms with Gasteiger partial charge in [-0.2, -0.15) is 0 Å². The molecule has 0 heterocycles. The van der Waals surface area contributed by atoms with E-state index in [1.54, 1.807) is 6.07 Å². The van der Waals surface area contributed by atoms with Crippen LogP contribution in [0.5, 0.6) is 5.75 Å². The van der Waals surface area contributed by atoms with Crippen LogP contribution in [0.4, 0.5) is 0 Å². The van der Waals surface area contributed by atoms with Gasteiger partial charge in [0.2, 0.25) is 0 Å². The lowest BCUT2D eigenvalue weighted by molar-refractivity contribution is -0.131. The van der Waals surface area contributed by atoms with Gasteiger partial charge in [-0.3, -0.25) is 0 Å². The number of halogens is 1. The normalized spacial score (nSPS) is 11.3. The standard InChI is InChI=1S/C18H17ClO3/c1-3-22-16-6-4-13(5-7-16)17(11-18(20)21)14-8-12(2)9-15(19)10-14/h4-11H,3H2,1-2H3,(H,20,21). The van der Waals surface area contributed by atoms with Gasteiger partial charge in [-0.05, 0) is 60.4 Å². The number of hydrogen-bond acceptors (Lipinski definition) is 2. The van der Waals surface area contributed by atoms with Gasteiger partial charge < -0.3 is 9.84 Å². The van der Waals surface area contributed by atoms with Gasteiger partial charge in [0.1, 0.15) is 5.75 Å². The van der Waals surface area contributed by atoms with Crippen molar-refractivity contribution in [3.8, 4) is 5.75 Å². The van der Waals surface area contributed by atoms with Crippen LogP contribution >= 0.6 is 11.6 Å². The zero-order valence-electron chi connectivity index (χ0n) is 12.5. The Bertz CT molecular complexity index is 683. The van der Waals surface area contributed by atoms with Crippen LogP contribution in [-0.2, 0) is 4.79 Å². The average molecular weight is 317 g/mol. The van der Waals surface area contributed by atoms with Gasteiger partial charge >= 0.3 is 5.97 Å². The number of carboxylic acids is 1. The Kier molecular flexibility index (Phi) is 5.23. The maximum Gasteiger partial charge on any atom is 0.328 e. The zero-order valence-corrected chi connectivity index (χ0v) is 13.2. The van der Waals surface area contributed by atoms with Crippen molar-refractivity contribution in [1.82, 2.24) is 0 Å². The Hall–Kier alpha value is -2.26. The molecule has 0 bridgehead atoms. The van der Waals surface area contributed by atoms with Gasteiger partial charge in [-0.1, -0.05) is 29.8 Å². The number of benzene rings is 2. The average Bonchev–Trinajstić information content (AvgIpc) is 2.45. The summed E-state index contributed by atoms with van der Waals surface area (Å²) >= 11 is 6.09. The highest BCUT2D eigenvalue weighted by atomic mass is 35.5. The van der Waals surface area contributed by atoms with E-state index in [2.05, 4.69) is 0 Å². The summed E-state index contributed by atoms with van der Waals surface area (Å²) in [7, 11) is 0. The molecule has 0 aliphatic heterocycles. The minimum Gasteiger partial charge on any atom is -0.494 e. The third-order valence-corrected chi connectivity index (χ3v) is 3.32. The maximum atomic E-state index is 11.2. The Labute approximate surface area is 134 Å². The van der Waals surface area contributed by atoms with E-state index in [0.29, 0.717) is 17.2 Å². The van der Waals surface area contributed by atoms with Crippen molar-refractivity contribution in [2.75, 3.05) is 6.61 Å². The first-order valence-electron chi connectivity index (χ1n) is 6.95. The highest BCUT2D eigenvalue weighted by Crippen LogP contribution is 2.28. The number of carbonyl (C=O) groups is 1. The number of rotatable bonds is 5. The predicted octanol–water partition coefficient (Wildman–Crippen LogP) is 4.56. The summed E-state index contributed by atoms with van der Waals surface area (Å²) in [5.74, 6) is -0.246. The molecule has 4 heteroatoms. The largest absolute Gasteiger partial charge is 0.494 e. The zero-order chi connectivity index (χ0) is 16.1. The van der Waals surface area contributed by atoms with E-state index in [0.717, 1.165) is 22.4 Å². The molecule has 1 N–H and O–H groups in total. The van der Waals surface area contributed by atoms with Crippen LogP contribution in [-0.4, -0.2) is 17.7 Å². The summed E-state index contributed by atoms with van der Waals surface area (Å²) in [5, 5.41) is 9.73. The van der Waals surface area contributed by atoms with Crippen LogP contribution in [0.25, 0.3) is 5.57 Å². The molecule has 0 spiro atoms. The molecule has 2 aromatic carbocycles. The fourth-order valence-electron chi connectivity index (χ4n) is 2.25. The second-order valence-electron chi connectivity index (χ2n) is 4.87. The lowest BCUT2D eigenvalue weighted by Gasteiger charge is -2.11. The number of aliphatic carboxylic acids is 1. The quantitative estimate of drug-likeness (QED) is 0.822. The Balaban J connectivity index is 2.48. The first-order chi connectivity index (χ1) is 10.5. The highest BCUT2D eigenvalue weighted by molar-refractivity contribution is 6.30. The fraction of sp³-hybridized carbons (Fsp3) is 0.167. The van der Waals surface area contributed by atoms with Crippen molar-refractivity contribution in [1.29, 1.82) is 0 Å². The molecule has 0 fully saturated rings. The Morgan fingerprint density at radius 1 is 1.18 bits per heavy atom. The Morgan fingerprint density at radius 3 is 2.41 bits per heavy atom. The van der Waals surface area contributed by atoms with Gasteiger partial charge in [-0.15, -0.1) is 0 Å². The fourth-order valence-corrected chi connectivity index (χ4v) is 2.54. The molecule has 0 saturated carbocycles. The van der Waals surface area contributed by atoms with E-state index < -0.39 is 5.97 Å². The molecule has 0 aliphatic carbocycles. The van der Waals surface area contributed by atoms with Crippen LogP contribution in [0.1, 0.15) is 23.6 Å². The van der Waals surface area contributed by atoms with Crippen molar-refractivity contribution >= 4 is 23.1 Å². The van der Waals surface area contributed by atoms with Gasteiger partial charge in [0, 0.05) is 11.1 Å². The van der Waals surface area contributed by atoms with Gasteiger partial charge in [0.25, 0.3) is 0 Å². The molecular formula is C18H17ClO3. The molecule has 0 amide bonds. The number of aryl methyl sites for hydroxylation is 1. The van der Waals surface area contributed by atoms with E-state index in [9.17, 15) is 4.79 Å². The van der Waals surface area contributed by atoms with E-state index in [1.807, 2.05) is 50.2 Å². The minimum atomic E-state index is -0.999. The van der Waals surface area contributed by atoms with Crippen molar-refractivity contribution in [2.45, 2.75) is 13.8 Å². The van der Waals surface area contributed by atoms with E-state index >= 15 is 0 Å². The smallest absolute Gasteiger partial charge is 0.328 e. The molecule has 3 nitrogen and oxygen atoms in total. The van der Waals surface area contributed by atoms with Crippen LogP contribution in [0, 0.1) is 6.92 Å². The van der Waals surface area contributed by atoms with Crippen LogP contribution in [0.3, 0.4) is 0 Å². The maximum absolute atomic E-state index is 11.2. The summed E-state index contributed by atoms with van der Waals surface area (Å²) < 4.78 is 5.41. The first-order valence-corrected chi connectivity index (χ1v) is 7.33. The van der Waals surface area contributed by atoms with Crippen molar-refractivity contribution in [3.63, 3.8) is 0 Å². The topological polar surface area (TPSA) is 46.5 Å². The second kappa shape index (κ2) is 7.14. The molecule has 0 radical (unpaired) electrons. The van der Waals surface area contributed by atoms with E-state index in [4.69, 9.17) is 21.4 Å². The molecule has 0 aliphatic rings. The number of hydrogen-bond donors (Lipinski definition) is 1. The predicted molar refractivity (Wildman–Crippen MR) is 88.5 cm³/mol. The summed E-state index contributed by atoms with van der Waals surface area (Å²) in [6.45, 7) is 4.43. The van der Waals surface area contributed by atoms with E-state index in [-0.39, 0.29) is 0 Å². The van der Waals surface area contributed by atoms with E-state index in [1.165, 1.54) is 6.08 Å². The molecule has 0 atom stereocenters. The molecule has 0 aromatic heterocycles. The van der Waals surface area contributed by atoms with Gasteiger partial charge in [-0.25, -0.2) is 4.79 Å². The number of carboxylic acid groups (broad SMARTS) is 1.